The molecule has 0 aliphatic rings. The Kier molecular flexibility index (Phi) is 7.90. The lowest BCUT2D eigenvalue weighted by Crippen LogP contribution is -2.16. The smallest absolute Gasteiger partial charge is 0.305 e. The van der Waals surface area contributed by atoms with Gasteiger partial charge in [-0.1, -0.05) is 55.0 Å². The van der Waals surface area contributed by atoms with Crippen molar-refractivity contribution in [2.45, 2.75) is 39.7 Å². The molecule has 0 N–H and O–H groups in total. The first-order valence-corrected chi connectivity index (χ1v) is 7.46. The van der Waals surface area contributed by atoms with E-state index in [4.69, 9.17) is 4.74 Å². The molecular weight excluding hydrogens is 279 g/mol. The number of ether oxygens (including phenoxy) is 1. The predicted octanol–water partition coefficient (Wildman–Crippen LogP) is 4.70. The Balaban J connectivity index is 0.000000287. The fourth-order valence-electron chi connectivity index (χ4n) is 1.82. The number of rotatable bonds is 4. The quantitative estimate of drug-likeness (QED) is 0.765. The summed E-state index contributed by atoms with van der Waals surface area (Å²) in [4.78, 5) is 11.0. The molecule has 0 aliphatic heterocycles. The molecule has 0 fully saturated rings. The molecule has 1 unspecified atom stereocenters. The lowest BCUT2D eigenvalue weighted by atomic mass is 10.1. The van der Waals surface area contributed by atoms with E-state index in [1.807, 2.05) is 6.92 Å². The molecule has 118 valence electrons. The highest BCUT2D eigenvalue weighted by atomic mass is 19.1. The summed E-state index contributed by atoms with van der Waals surface area (Å²) in [6, 6.07) is 16.2. The average molecular weight is 302 g/mol. The van der Waals surface area contributed by atoms with Crippen molar-refractivity contribution in [1.29, 1.82) is 0 Å². The fourth-order valence-corrected chi connectivity index (χ4v) is 1.82. The summed E-state index contributed by atoms with van der Waals surface area (Å²) in [5.41, 5.74) is 2.45. The van der Waals surface area contributed by atoms with E-state index in [1.165, 1.54) is 23.3 Å². The molecule has 0 aliphatic carbocycles. The minimum Gasteiger partial charge on any atom is -0.462 e. The normalized spacial score (nSPS) is 11.1. The van der Waals surface area contributed by atoms with Gasteiger partial charge in [0.1, 0.15) is 11.9 Å². The lowest BCUT2D eigenvalue weighted by Gasteiger charge is -2.12. The third kappa shape index (κ3) is 7.58. The molecule has 22 heavy (non-hydrogen) atoms. The summed E-state index contributed by atoms with van der Waals surface area (Å²) in [6.07, 6.45) is 1.18. The number of carbonyl (C=O) groups is 1. The molecule has 0 amide bonds. The summed E-state index contributed by atoms with van der Waals surface area (Å²) in [5.74, 6) is -0.308. The van der Waals surface area contributed by atoms with E-state index in [0.29, 0.717) is 6.42 Å². The topological polar surface area (TPSA) is 26.3 Å². The molecule has 3 heteroatoms. The van der Waals surface area contributed by atoms with Crippen molar-refractivity contribution in [3.63, 3.8) is 0 Å². The number of benzene rings is 2. The van der Waals surface area contributed by atoms with Gasteiger partial charge in [-0.15, -0.1) is 0 Å². The zero-order valence-electron chi connectivity index (χ0n) is 13.4. The maximum absolute atomic E-state index is 11.9. The van der Waals surface area contributed by atoms with E-state index in [-0.39, 0.29) is 17.9 Å². The summed E-state index contributed by atoms with van der Waals surface area (Å²) in [6.45, 7) is 5.79. The summed E-state index contributed by atoms with van der Waals surface area (Å²) >= 11 is 0. The highest BCUT2D eigenvalue weighted by Crippen LogP contribution is 2.08. The molecule has 1 atom stereocenters. The molecule has 0 aromatic heterocycles. The molecular formula is C19H23FO2. The summed E-state index contributed by atoms with van der Waals surface area (Å²) < 4.78 is 17.1. The van der Waals surface area contributed by atoms with Crippen molar-refractivity contribution in [2.75, 3.05) is 0 Å². The molecule has 2 aromatic rings. The van der Waals surface area contributed by atoms with Crippen LogP contribution in [0.1, 0.15) is 31.4 Å². The van der Waals surface area contributed by atoms with Crippen LogP contribution in [0.4, 0.5) is 4.39 Å². The highest BCUT2D eigenvalue weighted by molar-refractivity contribution is 5.69. The molecule has 0 saturated heterocycles. The van der Waals surface area contributed by atoms with Gasteiger partial charge in [0.25, 0.3) is 0 Å². The van der Waals surface area contributed by atoms with Crippen LogP contribution in [0.15, 0.2) is 54.6 Å². The average Bonchev–Trinajstić information content (AvgIpc) is 2.51. The molecule has 0 bridgehead atoms. The number of carbonyl (C=O) groups excluding carboxylic acids is 1. The highest BCUT2D eigenvalue weighted by Gasteiger charge is 2.07. The second-order valence-corrected chi connectivity index (χ2v) is 5.14. The van der Waals surface area contributed by atoms with Crippen molar-refractivity contribution < 1.29 is 13.9 Å². The second kappa shape index (κ2) is 9.72. The standard InChI is InChI=1S/C13H18O2.C6H5F/c1-4-13(14)15-11(3)9-12-7-5-10(2)6-8-12;7-6-4-2-1-3-5-6/h5-8,11H,4,9H2,1-3H3;1-5H. The monoisotopic (exact) mass is 302 g/mol. The van der Waals surface area contributed by atoms with Gasteiger partial charge >= 0.3 is 5.97 Å². The number of halogens is 1. The predicted molar refractivity (Wildman–Crippen MR) is 87.1 cm³/mol. The van der Waals surface area contributed by atoms with Gasteiger partial charge < -0.3 is 4.74 Å². The van der Waals surface area contributed by atoms with Crippen molar-refractivity contribution in [3.8, 4) is 0 Å². The lowest BCUT2D eigenvalue weighted by molar-refractivity contribution is -0.147. The van der Waals surface area contributed by atoms with Crippen molar-refractivity contribution in [1.82, 2.24) is 0 Å². The molecule has 2 nitrogen and oxygen atoms in total. The van der Waals surface area contributed by atoms with Gasteiger partial charge in [0, 0.05) is 12.8 Å². The number of aryl methyl sites for hydroxylation is 1. The van der Waals surface area contributed by atoms with Gasteiger partial charge in [-0.25, -0.2) is 4.39 Å². The summed E-state index contributed by atoms with van der Waals surface area (Å²) in [5, 5.41) is 0. The van der Waals surface area contributed by atoms with Crippen molar-refractivity contribution in [2.24, 2.45) is 0 Å². The number of hydrogen-bond donors (Lipinski definition) is 0. The van der Waals surface area contributed by atoms with Crippen LogP contribution < -0.4 is 0 Å². The molecule has 0 spiro atoms. The zero-order valence-corrected chi connectivity index (χ0v) is 13.4. The third-order valence-electron chi connectivity index (χ3n) is 3.00. The van der Waals surface area contributed by atoms with Gasteiger partial charge in [-0.05, 0) is 31.5 Å². The fraction of sp³-hybridized carbons (Fsp3) is 0.316. The first-order chi connectivity index (χ1) is 10.5. The van der Waals surface area contributed by atoms with Gasteiger partial charge in [0.2, 0.25) is 0 Å². The first-order valence-electron chi connectivity index (χ1n) is 7.46. The second-order valence-electron chi connectivity index (χ2n) is 5.14. The molecule has 2 rings (SSSR count). The van der Waals surface area contributed by atoms with Crippen LogP contribution in [0, 0.1) is 12.7 Å². The van der Waals surface area contributed by atoms with Gasteiger partial charge in [-0.2, -0.15) is 0 Å². The number of esters is 1. The minimum absolute atomic E-state index is 0.0415. The zero-order chi connectivity index (χ0) is 16.4. The molecule has 0 radical (unpaired) electrons. The van der Waals surface area contributed by atoms with Gasteiger partial charge in [0.15, 0.2) is 0 Å². The Labute approximate surface area is 131 Å². The van der Waals surface area contributed by atoms with Crippen LogP contribution in [0.3, 0.4) is 0 Å². The SMILES string of the molecule is CCC(=O)OC(C)Cc1ccc(C)cc1.Fc1ccccc1. The first kappa shape index (κ1) is 17.9. The Morgan fingerprint density at radius 2 is 1.68 bits per heavy atom. The third-order valence-corrected chi connectivity index (χ3v) is 3.00. The van der Waals surface area contributed by atoms with E-state index in [0.717, 1.165) is 6.42 Å². The molecule has 2 aromatic carbocycles. The minimum atomic E-state index is -0.178. The van der Waals surface area contributed by atoms with E-state index in [1.54, 1.807) is 25.1 Å². The Morgan fingerprint density at radius 1 is 1.09 bits per heavy atom. The van der Waals surface area contributed by atoms with Crippen LogP contribution in [0.2, 0.25) is 0 Å². The van der Waals surface area contributed by atoms with Gasteiger partial charge in [-0.3, -0.25) is 4.79 Å². The maximum Gasteiger partial charge on any atom is 0.305 e. The van der Waals surface area contributed by atoms with Crippen molar-refractivity contribution in [3.05, 3.63) is 71.5 Å². The number of hydrogen-bond acceptors (Lipinski definition) is 2. The maximum atomic E-state index is 11.9. The van der Waals surface area contributed by atoms with Crippen LogP contribution in [-0.2, 0) is 16.0 Å². The van der Waals surface area contributed by atoms with E-state index in [2.05, 4.69) is 31.2 Å². The van der Waals surface area contributed by atoms with Crippen molar-refractivity contribution >= 4 is 5.97 Å². The van der Waals surface area contributed by atoms with Crippen LogP contribution in [-0.4, -0.2) is 12.1 Å². The van der Waals surface area contributed by atoms with E-state index >= 15 is 0 Å². The molecule has 0 heterocycles. The van der Waals surface area contributed by atoms with Crippen LogP contribution in [0.5, 0.6) is 0 Å². The Hall–Kier alpha value is -2.16. The van der Waals surface area contributed by atoms with E-state index < -0.39 is 0 Å². The van der Waals surface area contributed by atoms with Crippen LogP contribution in [0.25, 0.3) is 0 Å². The van der Waals surface area contributed by atoms with E-state index in [9.17, 15) is 9.18 Å². The largest absolute Gasteiger partial charge is 0.462 e. The Morgan fingerprint density at radius 3 is 2.14 bits per heavy atom. The van der Waals surface area contributed by atoms with Gasteiger partial charge in [0.05, 0.1) is 0 Å². The molecule has 0 saturated carbocycles. The summed E-state index contributed by atoms with van der Waals surface area (Å²) in [7, 11) is 0. The Bertz CT molecular complexity index is 549. The van der Waals surface area contributed by atoms with Crippen LogP contribution >= 0.6 is 0 Å².